The van der Waals surface area contributed by atoms with Gasteiger partial charge in [0, 0.05) is 23.8 Å². The van der Waals surface area contributed by atoms with Gasteiger partial charge in [0.1, 0.15) is 5.69 Å². The minimum Gasteiger partial charge on any atom is -0.461 e. The van der Waals surface area contributed by atoms with Gasteiger partial charge in [0.2, 0.25) is 10.0 Å². The molecule has 0 saturated carbocycles. The molecular weight excluding hydrogens is 460 g/mol. The Bertz CT molecular complexity index is 1260. The molecule has 176 valence electrons. The number of nitrogens with one attached hydrogen (secondary N) is 1. The largest absolute Gasteiger partial charge is 0.461 e. The lowest BCUT2D eigenvalue weighted by molar-refractivity contribution is 0.0519. The lowest BCUT2D eigenvalue weighted by Gasteiger charge is -2.24. The quantitative estimate of drug-likeness (QED) is 0.426. The lowest BCUT2D eigenvalue weighted by Crippen LogP contribution is -2.31. The Kier molecular flexibility index (Phi) is 7.67. The summed E-state index contributed by atoms with van der Waals surface area (Å²) < 4.78 is 34.3. The molecule has 0 fully saturated rings. The number of aromatic amines is 1. The van der Waals surface area contributed by atoms with E-state index in [1.807, 2.05) is 38.1 Å². The molecule has 1 heterocycles. The second kappa shape index (κ2) is 10.1. The molecule has 3 aromatic rings. The van der Waals surface area contributed by atoms with E-state index in [0.717, 1.165) is 22.4 Å². The smallest absolute Gasteiger partial charge is 0.355 e. The molecule has 0 bridgehead atoms. The van der Waals surface area contributed by atoms with E-state index >= 15 is 0 Å². The van der Waals surface area contributed by atoms with Crippen LogP contribution in [0.15, 0.2) is 47.4 Å². The third kappa shape index (κ3) is 5.49. The number of nitrogens with zero attached hydrogens (tertiary/aromatic N) is 1. The summed E-state index contributed by atoms with van der Waals surface area (Å²) >= 11 is 6.02. The third-order valence-corrected chi connectivity index (χ3v) is 7.83. The summed E-state index contributed by atoms with van der Waals surface area (Å²) in [5.74, 6) is -0.453. The highest BCUT2D eigenvalue weighted by molar-refractivity contribution is 7.89. The van der Waals surface area contributed by atoms with Crippen LogP contribution in [-0.2, 0) is 27.8 Å². The van der Waals surface area contributed by atoms with E-state index in [4.69, 9.17) is 16.3 Å². The summed E-state index contributed by atoms with van der Waals surface area (Å²) in [6.07, 6.45) is 0. The molecule has 0 unspecified atom stereocenters. The van der Waals surface area contributed by atoms with Gasteiger partial charge < -0.3 is 9.72 Å². The first-order valence-corrected chi connectivity index (χ1v) is 12.5. The zero-order valence-electron chi connectivity index (χ0n) is 19.5. The van der Waals surface area contributed by atoms with Gasteiger partial charge in [-0.3, -0.25) is 0 Å². The summed E-state index contributed by atoms with van der Waals surface area (Å²) in [6, 6.07) is 12.5. The summed E-state index contributed by atoms with van der Waals surface area (Å²) in [5.41, 5.74) is 4.86. The van der Waals surface area contributed by atoms with Crippen LogP contribution in [0.3, 0.4) is 0 Å². The molecule has 0 aliphatic heterocycles. The minimum atomic E-state index is -3.85. The number of H-pyrrole nitrogens is 1. The van der Waals surface area contributed by atoms with Gasteiger partial charge in [-0.15, -0.1) is 0 Å². The van der Waals surface area contributed by atoms with Gasteiger partial charge >= 0.3 is 5.97 Å². The topological polar surface area (TPSA) is 79.5 Å². The van der Waals surface area contributed by atoms with E-state index in [1.54, 1.807) is 39.0 Å². The molecule has 6 nitrogen and oxygen atoms in total. The van der Waals surface area contributed by atoms with Crippen LogP contribution in [0.2, 0.25) is 5.02 Å². The van der Waals surface area contributed by atoms with Crippen LogP contribution in [-0.4, -0.2) is 30.3 Å². The van der Waals surface area contributed by atoms with E-state index in [-0.39, 0.29) is 24.6 Å². The van der Waals surface area contributed by atoms with Crippen LogP contribution in [0.4, 0.5) is 0 Å². The Morgan fingerprint density at radius 2 is 1.70 bits per heavy atom. The van der Waals surface area contributed by atoms with Gasteiger partial charge in [-0.25, -0.2) is 13.2 Å². The van der Waals surface area contributed by atoms with E-state index in [1.165, 1.54) is 4.31 Å². The highest BCUT2D eigenvalue weighted by Crippen LogP contribution is 2.28. The number of rotatable bonds is 8. The van der Waals surface area contributed by atoms with Gasteiger partial charge in [-0.2, -0.15) is 4.31 Å². The fourth-order valence-electron chi connectivity index (χ4n) is 3.75. The first-order valence-electron chi connectivity index (χ1n) is 10.7. The molecule has 0 radical (unpaired) electrons. The van der Waals surface area contributed by atoms with Gasteiger partial charge in [0.25, 0.3) is 0 Å². The van der Waals surface area contributed by atoms with Gasteiger partial charge in [0.05, 0.1) is 11.5 Å². The zero-order valence-corrected chi connectivity index (χ0v) is 21.1. The van der Waals surface area contributed by atoms with E-state index in [0.29, 0.717) is 21.8 Å². The molecule has 8 heteroatoms. The van der Waals surface area contributed by atoms with Gasteiger partial charge in [-0.1, -0.05) is 35.9 Å². The number of sulfonamides is 1. The molecule has 0 saturated heterocycles. The average Bonchev–Trinajstić information content (AvgIpc) is 3.04. The molecule has 0 spiro atoms. The summed E-state index contributed by atoms with van der Waals surface area (Å²) in [4.78, 5) is 15.7. The number of hydrogen-bond acceptors (Lipinski definition) is 4. The van der Waals surface area contributed by atoms with Crippen LogP contribution in [0.1, 0.15) is 50.9 Å². The number of carbonyl (C=O) groups is 1. The molecule has 1 aromatic heterocycles. The molecular formula is C25H29ClN2O4S. The third-order valence-electron chi connectivity index (χ3n) is 5.64. The van der Waals surface area contributed by atoms with Crippen molar-refractivity contribution in [2.45, 2.75) is 52.6 Å². The van der Waals surface area contributed by atoms with Crippen molar-refractivity contribution in [2.75, 3.05) is 6.61 Å². The number of aryl methyl sites for hydroxylation is 3. The fourth-order valence-corrected chi connectivity index (χ4v) is 5.59. The zero-order chi connectivity index (χ0) is 24.3. The van der Waals surface area contributed by atoms with Crippen LogP contribution < -0.4 is 0 Å². The maximum absolute atomic E-state index is 13.8. The van der Waals surface area contributed by atoms with Crippen LogP contribution >= 0.6 is 11.6 Å². The number of esters is 1. The molecule has 2 aromatic carbocycles. The Morgan fingerprint density at radius 3 is 2.33 bits per heavy atom. The van der Waals surface area contributed by atoms with Crippen molar-refractivity contribution in [3.8, 4) is 0 Å². The monoisotopic (exact) mass is 488 g/mol. The first-order chi connectivity index (χ1) is 15.5. The Morgan fingerprint density at radius 1 is 1.03 bits per heavy atom. The SMILES string of the molecule is CCOC(=O)c1[nH]c(C)c(CN(Cc2ccc(Cl)cc2)S(=O)(=O)c2cc(C)ccc2C)c1C. The molecule has 3 rings (SSSR count). The van der Waals surface area contributed by atoms with Crippen LogP contribution in [0.25, 0.3) is 0 Å². The number of halogens is 1. The van der Waals surface area contributed by atoms with E-state index in [9.17, 15) is 13.2 Å². The predicted molar refractivity (Wildman–Crippen MR) is 130 cm³/mol. The van der Waals surface area contributed by atoms with E-state index < -0.39 is 16.0 Å². The summed E-state index contributed by atoms with van der Waals surface area (Å²) in [7, 11) is -3.85. The molecule has 1 N–H and O–H groups in total. The average molecular weight is 489 g/mol. The number of hydrogen-bond donors (Lipinski definition) is 1. The van der Waals surface area contributed by atoms with Gasteiger partial charge in [0.15, 0.2) is 0 Å². The Balaban J connectivity index is 2.07. The number of aromatic nitrogens is 1. The molecule has 0 atom stereocenters. The summed E-state index contributed by atoms with van der Waals surface area (Å²) in [6.45, 7) is 9.56. The number of ether oxygens (including phenoxy) is 1. The number of carbonyl (C=O) groups excluding carboxylic acids is 1. The standard InChI is InChI=1S/C25H29ClN2O4S/c1-6-32-25(29)24-18(4)22(19(5)27-24)15-28(14-20-9-11-21(26)12-10-20)33(30,31)23-13-16(2)7-8-17(23)3/h7-13,27H,6,14-15H2,1-5H3. The van der Waals surface area contributed by atoms with Crippen molar-refractivity contribution in [3.05, 3.63) is 86.7 Å². The highest BCUT2D eigenvalue weighted by atomic mass is 35.5. The number of benzene rings is 2. The summed E-state index contributed by atoms with van der Waals surface area (Å²) in [5, 5.41) is 0.582. The minimum absolute atomic E-state index is 0.103. The molecule has 0 amide bonds. The van der Waals surface area contributed by atoms with Crippen molar-refractivity contribution in [1.82, 2.24) is 9.29 Å². The lowest BCUT2D eigenvalue weighted by atomic mass is 10.1. The van der Waals surface area contributed by atoms with Crippen molar-refractivity contribution in [1.29, 1.82) is 0 Å². The van der Waals surface area contributed by atoms with Crippen molar-refractivity contribution >= 4 is 27.6 Å². The van der Waals surface area contributed by atoms with Crippen molar-refractivity contribution < 1.29 is 17.9 Å². The first kappa shape index (κ1) is 25.0. The van der Waals surface area contributed by atoms with Crippen LogP contribution in [0.5, 0.6) is 0 Å². The maximum Gasteiger partial charge on any atom is 0.355 e. The second-order valence-electron chi connectivity index (χ2n) is 8.12. The van der Waals surface area contributed by atoms with E-state index in [2.05, 4.69) is 4.98 Å². The predicted octanol–water partition coefficient (Wildman–Crippen LogP) is 5.47. The normalized spacial score (nSPS) is 11.7. The Hall–Kier alpha value is -2.61. The van der Waals surface area contributed by atoms with Crippen molar-refractivity contribution in [3.63, 3.8) is 0 Å². The van der Waals surface area contributed by atoms with Crippen LogP contribution in [0, 0.1) is 27.7 Å². The molecule has 33 heavy (non-hydrogen) atoms. The Labute approximate surface area is 200 Å². The maximum atomic E-state index is 13.8. The van der Waals surface area contributed by atoms with Gasteiger partial charge in [-0.05, 0) is 80.6 Å². The second-order valence-corrected chi connectivity index (χ2v) is 10.5. The van der Waals surface area contributed by atoms with Crippen molar-refractivity contribution in [2.24, 2.45) is 0 Å². The molecule has 0 aliphatic carbocycles. The highest BCUT2D eigenvalue weighted by Gasteiger charge is 2.29. The molecule has 0 aliphatic rings. The fraction of sp³-hybridized carbons (Fsp3) is 0.320.